The Labute approximate surface area is 400 Å². The van der Waals surface area contributed by atoms with Gasteiger partial charge in [0.2, 0.25) is 0 Å². The average molecular weight is 1090 g/mol. The normalized spacial score (nSPS) is 11.5. The van der Waals surface area contributed by atoms with E-state index in [1.807, 2.05) is 0 Å². The molecule has 0 aromatic carbocycles. The number of thiophene rings is 3. The Hall–Kier alpha value is -0.500. The molecule has 0 aliphatic heterocycles. The first-order valence-corrected chi connectivity index (χ1v) is 28.8. The van der Waals surface area contributed by atoms with E-state index in [-0.39, 0.29) is 11.8 Å². The van der Waals surface area contributed by atoms with Crippen molar-refractivity contribution in [3.8, 4) is 19.5 Å². The zero-order chi connectivity index (χ0) is 42.2. The van der Waals surface area contributed by atoms with E-state index in [9.17, 15) is 9.59 Å². The number of carbonyl (C=O) groups is 2. The summed E-state index contributed by atoms with van der Waals surface area (Å²) in [4.78, 5) is 30.8. The van der Waals surface area contributed by atoms with Gasteiger partial charge in [-0.2, -0.15) is 0 Å². The molecule has 0 unspecified atom stereocenters. The van der Waals surface area contributed by atoms with Gasteiger partial charge in [-0.05, 0) is 82.3 Å². The fourth-order valence-electron chi connectivity index (χ4n) is 7.83. The van der Waals surface area contributed by atoms with Crippen LogP contribution < -0.4 is 10.6 Å². The van der Waals surface area contributed by atoms with Crippen LogP contribution in [0.25, 0.3) is 19.5 Å². The Bertz CT molecular complexity index is 1410. The second-order valence-electron chi connectivity index (χ2n) is 16.9. The first-order valence-electron chi connectivity index (χ1n) is 24.2. The van der Waals surface area contributed by atoms with E-state index in [2.05, 4.69) is 93.9 Å². The Kier molecular flexibility index (Phi) is 31.3. The maximum Gasteiger partial charge on any atom is 0.253 e. The summed E-state index contributed by atoms with van der Waals surface area (Å²) in [7, 11) is 0. The number of nitrogens with one attached hydrogen (secondary N) is 2. The lowest BCUT2D eigenvalue weighted by Crippen LogP contribution is -2.24. The van der Waals surface area contributed by atoms with Crippen molar-refractivity contribution in [2.45, 2.75) is 219 Å². The van der Waals surface area contributed by atoms with E-state index in [1.165, 1.54) is 193 Å². The van der Waals surface area contributed by atoms with Crippen LogP contribution in [-0.2, 0) is 0 Å². The molecule has 3 aromatic heterocycles. The summed E-state index contributed by atoms with van der Waals surface area (Å²) in [6.07, 6.45) is 43.4. The number of halogens is 2. The van der Waals surface area contributed by atoms with Crippen LogP contribution >= 0.6 is 79.2 Å². The lowest BCUT2D eigenvalue weighted by molar-refractivity contribution is 0.0944. The third-order valence-electron chi connectivity index (χ3n) is 11.6. The summed E-state index contributed by atoms with van der Waals surface area (Å²) in [6.45, 7) is 6.07. The molecular weight excluding hydrogens is 1010 g/mol. The highest BCUT2D eigenvalue weighted by molar-refractivity contribution is 14.1. The SMILES string of the molecule is CCCCCCCCCCCCCCCCCCNC(=O)c1cc(-c2ccc(-c3cc(C(=O)NCCCCCCCCCCCCCCCCCC)c(I)s3)s2)sc1I. The van der Waals surface area contributed by atoms with E-state index in [0.29, 0.717) is 0 Å². The molecule has 4 nitrogen and oxygen atoms in total. The van der Waals surface area contributed by atoms with Gasteiger partial charge in [-0.1, -0.05) is 206 Å². The Morgan fingerprint density at radius 2 is 0.644 bits per heavy atom. The predicted molar refractivity (Wildman–Crippen MR) is 280 cm³/mol. The van der Waals surface area contributed by atoms with Crippen LogP contribution in [0.2, 0.25) is 0 Å². The van der Waals surface area contributed by atoms with Gasteiger partial charge in [0.15, 0.2) is 0 Å². The molecule has 0 bridgehead atoms. The van der Waals surface area contributed by atoms with Crippen LogP contribution in [0, 0.1) is 5.77 Å². The topological polar surface area (TPSA) is 58.2 Å². The molecule has 0 spiro atoms. The largest absolute Gasteiger partial charge is 0.352 e. The van der Waals surface area contributed by atoms with Crippen LogP contribution in [0.1, 0.15) is 240 Å². The fourth-order valence-corrected chi connectivity index (χ4v) is 13.0. The quantitative estimate of drug-likeness (QED) is 0.0444. The van der Waals surface area contributed by atoms with E-state index in [0.717, 1.165) is 62.3 Å². The maximum absolute atomic E-state index is 13.1. The van der Waals surface area contributed by atoms with Crippen LogP contribution in [0.5, 0.6) is 0 Å². The lowest BCUT2D eigenvalue weighted by atomic mass is 10.0. The highest BCUT2D eigenvalue weighted by Crippen LogP contribution is 2.42. The second kappa shape index (κ2) is 34.9. The average Bonchev–Trinajstić information content (AvgIpc) is 3.98. The molecule has 3 heterocycles. The van der Waals surface area contributed by atoms with Gasteiger partial charge in [0, 0.05) is 32.6 Å². The molecule has 0 saturated carbocycles. The summed E-state index contributed by atoms with van der Waals surface area (Å²) >= 11 is 9.73. The van der Waals surface area contributed by atoms with Crippen LogP contribution in [0.15, 0.2) is 24.3 Å². The minimum atomic E-state index is 0.0395. The number of hydrogen-bond donors (Lipinski definition) is 2. The molecule has 0 aliphatic rings. The minimum Gasteiger partial charge on any atom is -0.352 e. The van der Waals surface area contributed by atoms with Crippen molar-refractivity contribution in [3.63, 3.8) is 0 Å². The Morgan fingerprint density at radius 3 is 0.915 bits per heavy atom. The predicted octanol–water partition coefficient (Wildman–Crippen LogP) is 18.4. The van der Waals surface area contributed by atoms with Gasteiger partial charge in [0.25, 0.3) is 11.8 Å². The van der Waals surface area contributed by atoms with Gasteiger partial charge < -0.3 is 10.6 Å². The number of rotatable bonds is 38. The van der Waals surface area contributed by atoms with E-state index >= 15 is 0 Å². The Morgan fingerprint density at radius 1 is 0.390 bits per heavy atom. The number of unbranched alkanes of at least 4 members (excludes halogenated alkanes) is 30. The third-order valence-corrected chi connectivity index (χ3v) is 17.4. The highest BCUT2D eigenvalue weighted by Gasteiger charge is 2.19. The van der Waals surface area contributed by atoms with Crippen LogP contribution in [0.3, 0.4) is 0 Å². The monoisotopic (exact) mass is 1090 g/mol. The van der Waals surface area contributed by atoms with Crippen molar-refractivity contribution >= 4 is 91.0 Å². The van der Waals surface area contributed by atoms with Gasteiger partial charge >= 0.3 is 0 Å². The number of hydrogen-bond acceptors (Lipinski definition) is 5. The summed E-state index contributed by atoms with van der Waals surface area (Å²) in [5, 5.41) is 6.36. The zero-order valence-corrected chi connectivity index (χ0v) is 43.9. The van der Waals surface area contributed by atoms with Gasteiger partial charge in [-0.3, -0.25) is 9.59 Å². The summed E-state index contributed by atoms with van der Waals surface area (Å²) in [5.74, 6) is 0.0791. The molecule has 0 atom stereocenters. The molecule has 2 N–H and O–H groups in total. The molecule has 3 aromatic rings. The number of amides is 2. The van der Waals surface area contributed by atoms with E-state index in [4.69, 9.17) is 0 Å². The number of carbonyl (C=O) groups excluding carboxylic acids is 2. The second-order valence-corrected chi connectivity index (χ2v) is 23.7. The third kappa shape index (κ3) is 23.7. The molecule has 2 amide bonds. The summed E-state index contributed by atoms with van der Waals surface area (Å²) in [5.41, 5.74) is 1.57. The van der Waals surface area contributed by atoms with Crippen molar-refractivity contribution in [2.75, 3.05) is 13.1 Å². The first-order chi connectivity index (χ1) is 28.9. The van der Waals surface area contributed by atoms with Gasteiger partial charge in [0.05, 0.1) is 16.9 Å². The van der Waals surface area contributed by atoms with Crippen molar-refractivity contribution in [1.82, 2.24) is 10.6 Å². The lowest BCUT2D eigenvalue weighted by Gasteiger charge is -2.05. The molecule has 0 saturated heterocycles. The highest BCUT2D eigenvalue weighted by atomic mass is 127. The summed E-state index contributed by atoms with van der Waals surface area (Å²) < 4.78 is 2.07. The molecule has 59 heavy (non-hydrogen) atoms. The fraction of sp³-hybridized carbons (Fsp3) is 0.720. The van der Waals surface area contributed by atoms with Crippen LogP contribution in [0.4, 0.5) is 0 Å². The van der Waals surface area contributed by atoms with Gasteiger partial charge in [0.1, 0.15) is 0 Å². The van der Waals surface area contributed by atoms with Gasteiger partial charge in [-0.15, -0.1) is 34.0 Å². The molecule has 3 rings (SSSR count). The van der Waals surface area contributed by atoms with Crippen molar-refractivity contribution in [1.29, 1.82) is 0 Å². The van der Waals surface area contributed by atoms with Crippen LogP contribution in [-0.4, -0.2) is 24.9 Å². The first kappa shape index (κ1) is 52.8. The molecule has 0 aliphatic carbocycles. The molecular formula is C50H80I2N2O2S3. The van der Waals surface area contributed by atoms with Crippen molar-refractivity contribution in [2.24, 2.45) is 0 Å². The van der Waals surface area contributed by atoms with E-state index < -0.39 is 0 Å². The molecule has 9 heteroatoms. The smallest absolute Gasteiger partial charge is 0.253 e. The maximum atomic E-state index is 13.1. The molecule has 334 valence electrons. The molecule has 0 radical (unpaired) electrons. The Balaban J connectivity index is 1.23. The zero-order valence-electron chi connectivity index (χ0n) is 37.1. The standard InChI is InChI=1S/C50H80I2N2O2S3/c1-3-5-7-9-11-13-15-17-19-21-23-25-27-29-31-33-37-53-49(55)41-39-45(58-47(41)51)43-35-36-44(57-43)46-40-42(48(52)59-46)50(56)54-38-34-32-30-28-26-24-22-20-18-16-14-12-10-8-6-4-2/h35-36,39-40H,3-34,37-38H2,1-2H3,(H,53,55)(H,54,56). The summed E-state index contributed by atoms with van der Waals surface area (Å²) in [6, 6.07) is 8.43. The van der Waals surface area contributed by atoms with E-state index in [1.54, 1.807) is 34.0 Å². The van der Waals surface area contributed by atoms with Crippen molar-refractivity contribution < 1.29 is 9.59 Å². The van der Waals surface area contributed by atoms with Gasteiger partial charge in [-0.25, -0.2) is 0 Å². The van der Waals surface area contributed by atoms with Crippen molar-refractivity contribution in [3.05, 3.63) is 41.2 Å². The molecule has 0 fully saturated rings. The minimum absolute atomic E-state index is 0.0395.